The predicted molar refractivity (Wildman–Crippen MR) is 94.0 cm³/mol. The number of H-pyrrole nitrogens is 1. The lowest BCUT2D eigenvalue weighted by Crippen LogP contribution is -2.36. The summed E-state index contributed by atoms with van der Waals surface area (Å²) >= 11 is 0. The van der Waals surface area contributed by atoms with Crippen LogP contribution in [0.15, 0.2) is 45.6 Å². The SMILES string of the molecule is Cc1cc(C(C)(O)CNCc2cc3ccccc3[nH]c2=O)c(C)o1. The Morgan fingerprint density at radius 1 is 1.25 bits per heavy atom. The van der Waals surface area contributed by atoms with Gasteiger partial charge < -0.3 is 19.8 Å². The van der Waals surface area contributed by atoms with Crippen molar-refractivity contribution in [2.45, 2.75) is 32.9 Å². The first kappa shape index (κ1) is 16.5. The van der Waals surface area contributed by atoms with E-state index < -0.39 is 5.60 Å². The van der Waals surface area contributed by atoms with E-state index in [2.05, 4.69) is 10.3 Å². The largest absolute Gasteiger partial charge is 0.466 e. The van der Waals surface area contributed by atoms with Gasteiger partial charge in [0.25, 0.3) is 5.56 Å². The molecule has 126 valence electrons. The lowest BCUT2D eigenvalue weighted by Gasteiger charge is -2.23. The van der Waals surface area contributed by atoms with E-state index >= 15 is 0 Å². The van der Waals surface area contributed by atoms with Gasteiger partial charge in [-0.2, -0.15) is 0 Å². The molecule has 5 heteroatoms. The highest BCUT2D eigenvalue weighted by atomic mass is 16.3. The average Bonchev–Trinajstić information content (AvgIpc) is 2.87. The summed E-state index contributed by atoms with van der Waals surface area (Å²) in [5, 5.41) is 14.8. The van der Waals surface area contributed by atoms with Crippen molar-refractivity contribution in [2.24, 2.45) is 0 Å². The Kier molecular flexibility index (Phi) is 4.30. The number of aliphatic hydroxyl groups is 1. The Hall–Kier alpha value is -2.37. The zero-order valence-corrected chi connectivity index (χ0v) is 14.1. The molecule has 0 saturated carbocycles. The molecule has 0 radical (unpaired) electrons. The van der Waals surface area contributed by atoms with E-state index in [0.29, 0.717) is 24.4 Å². The molecule has 2 heterocycles. The molecule has 0 spiro atoms. The molecule has 0 aliphatic carbocycles. The minimum atomic E-state index is -1.06. The van der Waals surface area contributed by atoms with Crippen molar-refractivity contribution in [1.82, 2.24) is 10.3 Å². The number of hydrogen-bond donors (Lipinski definition) is 3. The highest BCUT2D eigenvalue weighted by molar-refractivity contribution is 5.78. The molecule has 0 aliphatic rings. The number of rotatable bonds is 5. The first-order chi connectivity index (χ1) is 11.4. The van der Waals surface area contributed by atoms with Gasteiger partial charge in [0.15, 0.2) is 0 Å². The second-order valence-electron chi connectivity index (χ2n) is 6.42. The maximum Gasteiger partial charge on any atom is 0.252 e. The van der Waals surface area contributed by atoms with E-state index in [-0.39, 0.29) is 5.56 Å². The zero-order valence-electron chi connectivity index (χ0n) is 14.1. The number of fused-ring (bicyclic) bond motifs is 1. The first-order valence-electron chi connectivity index (χ1n) is 7.98. The van der Waals surface area contributed by atoms with Crippen LogP contribution < -0.4 is 10.9 Å². The summed E-state index contributed by atoms with van der Waals surface area (Å²) in [6.07, 6.45) is 0. The van der Waals surface area contributed by atoms with Crippen molar-refractivity contribution in [1.29, 1.82) is 0 Å². The van der Waals surface area contributed by atoms with Crippen molar-refractivity contribution in [2.75, 3.05) is 6.54 Å². The summed E-state index contributed by atoms with van der Waals surface area (Å²) in [6, 6.07) is 11.4. The van der Waals surface area contributed by atoms with E-state index in [1.54, 1.807) is 6.92 Å². The first-order valence-corrected chi connectivity index (χ1v) is 7.98. The van der Waals surface area contributed by atoms with Crippen LogP contribution in [0, 0.1) is 13.8 Å². The monoisotopic (exact) mass is 326 g/mol. The molecule has 0 aliphatic heterocycles. The zero-order chi connectivity index (χ0) is 17.3. The van der Waals surface area contributed by atoms with Crippen LogP contribution in [-0.4, -0.2) is 16.6 Å². The van der Waals surface area contributed by atoms with Crippen molar-refractivity contribution in [3.63, 3.8) is 0 Å². The number of benzene rings is 1. The standard InChI is InChI=1S/C19H22N2O3/c1-12-8-16(13(2)24-12)19(3,23)11-20-10-15-9-14-6-4-5-7-17(14)21-18(15)22/h4-9,20,23H,10-11H2,1-3H3,(H,21,22). The maximum absolute atomic E-state index is 12.1. The molecule has 24 heavy (non-hydrogen) atoms. The molecule has 1 atom stereocenters. The van der Waals surface area contributed by atoms with Gasteiger partial charge in [-0.3, -0.25) is 4.79 Å². The van der Waals surface area contributed by atoms with Crippen LogP contribution in [0.5, 0.6) is 0 Å². The number of aromatic nitrogens is 1. The molecule has 0 saturated heterocycles. The van der Waals surface area contributed by atoms with Crippen molar-refractivity contribution < 1.29 is 9.52 Å². The van der Waals surface area contributed by atoms with Crippen LogP contribution in [0.2, 0.25) is 0 Å². The Morgan fingerprint density at radius 3 is 2.71 bits per heavy atom. The van der Waals surface area contributed by atoms with Gasteiger partial charge >= 0.3 is 0 Å². The normalized spacial score (nSPS) is 14.0. The molecule has 0 fully saturated rings. The molecular weight excluding hydrogens is 304 g/mol. The molecular formula is C19H22N2O3. The molecule has 3 aromatic rings. The van der Waals surface area contributed by atoms with Gasteiger partial charge in [0.05, 0.1) is 0 Å². The topological polar surface area (TPSA) is 78.3 Å². The molecule has 3 rings (SSSR count). The number of pyridine rings is 1. The molecule has 3 N–H and O–H groups in total. The van der Waals surface area contributed by atoms with Crippen molar-refractivity contribution in [3.8, 4) is 0 Å². The molecule has 2 aromatic heterocycles. The number of para-hydroxylation sites is 1. The summed E-state index contributed by atoms with van der Waals surface area (Å²) < 4.78 is 5.49. The quantitative estimate of drug-likeness (QED) is 0.674. The van der Waals surface area contributed by atoms with E-state index in [1.165, 1.54) is 0 Å². The highest BCUT2D eigenvalue weighted by Gasteiger charge is 2.27. The maximum atomic E-state index is 12.1. The summed E-state index contributed by atoms with van der Waals surface area (Å²) in [7, 11) is 0. The van der Waals surface area contributed by atoms with Crippen LogP contribution in [-0.2, 0) is 12.1 Å². The van der Waals surface area contributed by atoms with Crippen LogP contribution in [0.3, 0.4) is 0 Å². The number of nitrogens with one attached hydrogen (secondary N) is 2. The molecule has 1 unspecified atom stereocenters. The smallest absolute Gasteiger partial charge is 0.252 e. The highest BCUT2D eigenvalue weighted by Crippen LogP contribution is 2.26. The van der Waals surface area contributed by atoms with E-state index in [9.17, 15) is 9.90 Å². The fourth-order valence-corrected chi connectivity index (χ4v) is 3.03. The number of furan rings is 1. The fraction of sp³-hybridized carbons (Fsp3) is 0.316. The second kappa shape index (κ2) is 6.26. The van der Waals surface area contributed by atoms with Gasteiger partial charge in [-0.1, -0.05) is 18.2 Å². The van der Waals surface area contributed by atoms with Gasteiger partial charge in [0.2, 0.25) is 0 Å². The number of aryl methyl sites for hydroxylation is 2. The summed E-state index contributed by atoms with van der Waals surface area (Å²) in [5.74, 6) is 1.48. The van der Waals surface area contributed by atoms with Crippen LogP contribution in [0.1, 0.15) is 29.6 Å². The average molecular weight is 326 g/mol. The number of hydrogen-bond acceptors (Lipinski definition) is 4. The van der Waals surface area contributed by atoms with E-state index in [4.69, 9.17) is 4.42 Å². The van der Waals surface area contributed by atoms with Gasteiger partial charge in [0.1, 0.15) is 17.1 Å². The lowest BCUT2D eigenvalue weighted by atomic mass is 9.96. The fourth-order valence-electron chi connectivity index (χ4n) is 3.03. The molecule has 0 bridgehead atoms. The summed E-state index contributed by atoms with van der Waals surface area (Å²) in [5.41, 5.74) is 1.05. The van der Waals surface area contributed by atoms with Gasteiger partial charge in [-0.05, 0) is 44.4 Å². The number of aromatic amines is 1. The Bertz CT molecular complexity index is 922. The van der Waals surface area contributed by atoms with Gasteiger partial charge in [-0.25, -0.2) is 0 Å². The molecule has 0 amide bonds. The third-order valence-electron chi connectivity index (χ3n) is 4.24. The Morgan fingerprint density at radius 2 is 2.00 bits per heavy atom. The van der Waals surface area contributed by atoms with Crippen LogP contribution >= 0.6 is 0 Å². The molecule has 5 nitrogen and oxygen atoms in total. The molecule has 1 aromatic carbocycles. The summed E-state index contributed by atoms with van der Waals surface area (Å²) in [6.45, 7) is 6.13. The van der Waals surface area contributed by atoms with Crippen molar-refractivity contribution in [3.05, 3.63) is 69.4 Å². The van der Waals surface area contributed by atoms with Gasteiger partial charge in [-0.15, -0.1) is 0 Å². The summed E-state index contributed by atoms with van der Waals surface area (Å²) in [4.78, 5) is 15.0. The van der Waals surface area contributed by atoms with Gasteiger partial charge in [0, 0.05) is 29.7 Å². The van der Waals surface area contributed by atoms with Crippen LogP contribution in [0.25, 0.3) is 10.9 Å². The van der Waals surface area contributed by atoms with E-state index in [1.807, 2.05) is 50.2 Å². The van der Waals surface area contributed by atoms with Crippen LogP contribution in [0.4, 0.5) is 0 Å². The van der Waals surface area contributed by atoms with E-state index in [0.717, 1.165) is 22.2 Å². The third-order valence-corrected chi connectivity index (χ3v) is 4.24. The van der Waals surface area contributed by atoms with Crippen molar-refractivity contribution >= 4 is 10.9 Å². The minimum absolute atomic E-state index is 0.115. The Labute approximate surface area is 140 Å². The predicted octanol–water partition coefficient (Wildman–Crippen LogP) is 2.74. The minimum Gasteiger partial charge on any atom is -0.466 e. The Balaban J connectivity index is 1.73. The third kappa shape index (κ3) is 3.27. The lowest BCUT2D eigenvalue weighted by molar-refractivity contribution is 0.0551. The second-order valence-corrected chi connectivity index (χ2v) is 6.42.